The summed E-state index contributed by atoms with van der Waals surface area (Å²) in [7, 11) is 0. The van der Waals surface area contributed by atoms with Crippen molar-refractivity contribution in [2.24, 2.45) is 0 Å². The molecule has 2 nitrogen and oxygen atoms in total. The van der Waals surface area contributed by atoms with E-state index >= 15 is 0 Å². The Bertz CT molecular complexity index is 766. The molecule has 1 heterocycles. The first kappa shape index (κ1) is 15.5. The molecule has 2 aromatic carbocycles. The molecule has 0 aromatic heterocycles. The number of rotatable bonds is 2. The van der Waals surface area contributed by atoms with Gasteiger partial charge in [0.15, 0.2) is 4.32 Å². The maximum atomic E-state index is 12.6. The Labute approximate surface area is 147 Å². The van der Waals surface area contributed by atoms with E-state index in [1.54, 1.807) is 4.90 Å². The molecule has 1 saturated heterocycles. The van der Waals surface area contributed by atoms with Gasteiger partial charge in [0.1, 0.15) is 0 Å². The third kappa shape index (κ3) is 3.16. The molecule has 0 bridgehead atoms. The van der Waals surface area contributed by atoms with Gasteiger partial charge in [-0.25, -0.2) is 0 Å². The Morgan fingerprint density at radius 3 is 2.36 bits per heavy atom. The predicted molar refractivity (Wildman–Crippen MR) is 101 cm³/mol. The van der Waals surface area contributed by atoms with Crippen molar-refractivity contribution in [2.75, 3.05) is 4.90 Å². The van der Waals surface area contributed by atoms with Crippen molar-refractivity contribution in [3.05, 3.63) is 69.0 Å². The fraction of sp³-hybridized carbons (Fsp3) is 0.0588. The van der Waals surface area contributed by atoms with E-state index in [4.69, 9.17) is 12.2 Å². The van der Waals surface area contributed by atoms with E-state index in [-0.39, 0.29) is 5.91 Å². The van der Waals surface area contributed by atoms with E-state index in [1.165, 1.54) is 11.8 Å². The van der Waals surface area contributed by atoms with Crippen LogP contribution >= 0.6 is 39.9 Å². The van der Waals surface area contributed by atoms with Crippen LogP contribution in [-0.2, 0) is 4.79 Å². The molecular weight excluding hydrogens is 378 g/mol. The van der Waals surface area contributed by atoms with Gasteiger partial charge < -0.3 is 0 Å². The highest BCUT2D eigenvalue weighted by Gasteiger charge is 2.33. The van der Waals surface area contributed by atoms with E-state index in [9.17, 15) is 4.79 Å². The molecular formula is C17H12BrNOS2. The summed E-state index contributed by atoms with van der Waals surface area (Å²) in [5, 5.41) is 0. The second kappa shape index (κ2) is 6.36. The number of nitrogens with zero attached hydrogens (tertiary/aromatic N) is 1. The quantitative estimate of drug-likeness (QED) is 0.522. The molecule has 3 rings (SSSR count). The van der Waals surface area contributed by atoms with Crippen molar-refractivity contribution >= 4 is 61.9 Å². The van der Waals surface area contributed by atoms with Crippen molar-refractivity contribution in [3.8, 4) is 0 Å². The van der Waals surface area contributed by atoms with Crippen molar-refractivity contribution in [1.82, 2.24) is 0 Å². The van der Waals surface area contributed by atoms with Gasteiger partial charge in [-0.3, -0.25) is 9.69 Å². The van der Waals surface area contributed by atoms with Crippen molar-refractivity contribution in [2.45, 2.75) is 6.92 Å². The molecule has 0 saturated carbocycles. The van der Waals surface area contributed by atoms with Crippen molar-refractivity contribution < 1.29 is 4.79 Å². The summed E-state index contributed by atoms with van der Waals surface area (Å²) >= 11 is 10.1. The van der Waals surface area contributed by atoms with E-state index in [0.29, 0.717) is 9.23 Å². The van der Waals surface area contributed by atoms with Crippen LogP contribution in [0.4, 0.5) is 5.69 Å². The highest BCUT2D eigenvalue weighted by molar-refractivity contribution is 9.10. The SMILES string of the molecule is Cc1ccc(N2C(=O)C(=Cc3ccc(Br)cc3)SC2=S)cc1. The maximum Gasteiger partial charge on any atom is 0.270 e. The average Bonchev–Trinajstić information content (AvgIpc) is 2.77. The number of amides is 1. The van der Waals surface area contributed by atoms with Gasteiger partial charge in [-0.05, 0) is 42.8 Å². The number of anilines is 1. The normalized spacial score (nSPS) is 16.6. The Morgan fingerprint density at radius 2 is 1.73 bits per heavy atom. The molecule has 0 atom stereocenters. The fourth-order valence-corrected chi connectivity index (χ4v) is 3.66. The summed E-state index contributed by atoms with van der Waals surface area (Å²) in [6, 6.07) is 15.6. The second-order valence-electron chi connectivity index (χ2n) is 4.90. The van der Waals surface area contributed by atoms with Gasteiger partial charge in [0.2, 0.25) is 0 Å². The van der Waals surface area contributed by atoms with Crippen LogP contribution in [0, 0.1) is 6.92 Å². The van der Waals surface area contributed by atoms with E-state index in [2.05, 4.69) is 15.9 Å². The standard InChI is InChI=1S/C17H12BrNOS2/c1-11-2-8-14(9-3-11)19-16(20)15(22-17(19)21)10-12-4-6-13(18)7-5-12/h2-10H,1H3. The fourth-order valence-electron chi connectivity index (χ4n) is 2.09. The summed E-state index contributed by atoms with van der Waals surface area (Å²) in [6.45, 7) is 2.02. The average molecular weight is 390 g/mol. The second-order valence-corrected chi connectivity index (χ2v) is 7.50. The molecule has 0 spiro atoms. The molecule has 1 amide bonds. The van der Waals surface area contributed by atoms with Gasteiger partial charge in [0.05, 0.1) is 10.6 Å². The zero-order valence-electron chi connectivity index (χ0n) is 11.7. The largest absolute Gasteiger partial charge is 0.270 e. The first-order valence-corrected chi connectivity index (χ1v) is 8.66. The molecule has 22 heavy (non-hydrogen) atoms. The molecule has 1 fully saturated rings. The number of thioether (sulfide) groups is 1. The molecule has 1 aliphatic heterocycles. The monoisotopic (exact) mass is 389 g/mol. The molecule has 2 aromatic rings. The zero-order chi connectivity index (χ0) is 15.7. The van der Waals surface area contributed by atoms with Gasteiger partial charge >= 0.3 is 0 Å². The minimum absolute atomic E-state index is 0.0678. The van der Waals surface area contributed by atoms with E-state index < -0.39 is 0 Å². The molecule has 1 aliphatic rings. The zero-order valence-corrected chi connectivity index (χ0v) is 15.0. The Hall–Kier alpha value is -1.43. The molecule has 110 valence electrons. The summed E-state index contributed by atoms with van der Waals surface area (Å²) in [6.07, 6.45) is 1.87. The lowest BCUT2D eigenvalue weighted by molar-refractivity contribution is -0.113. The highest BCUT2D eigenvalue weighted by atomic mass is 79.9. The number of carbonyl (C=O) groups excluding carboxylic acids is 1. The molecule has 0 radical (unpaired) electrons. The number of aryl methyl sites for hydroxylation is 1. The van der Waals surface area contributed by atoms with Gasteiger partial charge in [0, 0.05) is 4.47 Å². The summed E-state index contributed by atoms with van der Waals surface area (Å²) < 4.78 is 1.58. The summed E-state index contributed by atoms with van der Waals surface area (Å²) in [5.74, 6) is -0.0678. The van der Waals surface area contributed by atoms with Crippen molar-refractivity contribution in [3.63, 3.8) is 0 Å². The third-order valence-electron chi connectivity index (χ3n) is 3.25. The number of thiocarbonyl (C=S) groups is 1. The molecule has 0 unspecified atom stereocenters. The topological polar surface area (TPSA) is 20.3 Å². The van der Waals surface area contributed by atoms with Crippen LogP contribution in [0.15, 0.2) is 57.9 Å². The Morgan fingerprint density at radius 1 is 1.09 bits per heavy atom. The molecule has 0 aliphatic carbocycles. The molecule has 0 N–H and O–H groups in total. The van der Waals surface area contributed by atoms with Crippen LogP contribution in [0.1, 0.15) is 11.1 Å². The number of carbonyl (C=O) groups is 1. The summed E-state index contributed by atoms with van der Waals surface area (Å²) in [5.41, 5.74) is 2.94. The third-order valence-corrected chi connectivity index (χ3v) is 5.08. The smallest absolute Gasteiger partial charge is 0.268 e. The number of hydrogen-bond acceptors (Lipinski definition) is 3. The minimum Gasteiger partial charge on any atom is -0.268 e. The van der Waals surface area contributed by atoms with Crippen LogP contribution in [0.25, 0.3) is 6.08 Å². The van der Waals surface area contributed by atoms with Crippen LogP contribution in [0.5, 0.6) is 0 Å². The van der Waals surface area contributed by atoms with Crippen LogP contribution in [0.2, 0.25) is 0 Å². The molecule has 5 heteroatoms. The van der Waals surface area contributed by atoms with Crippen molar-refractivity contribution in [1.29, 1.82) is 0 Å². The van der Waals surface area contributed by atoms with E-state index in [1.807, 2.05) is 61.5 Å². The maximum absolute atomic E-state index is 12.6. The lowest BCUT2D eigenvalue weighted by atomic mass is 10.2. The lowest BCUT2D eigenvalue weighted by Crippen LogP contribution is -2.27. The van der Waals surface area contributed by atoms with Gasteiger partial charge in [0.25, 0.3) is 5.91 Å². The van der Waals surface area contributed by atoms with Crippen LogP contribution in [-0.4, -0.2) is 10.2 Å². The Kier molecular flexibility index (Phi) is 4.47. The predicted octanol–water partition coefficient (Wildman–Crippen LogP) is 5.16. The van der Waals surface area contributed by atoms with Crippen LogP contribution < -0.4 is 4.90 Å². The van der Waals surface area contributed by atoms with Gasteiger partial charge in [-0.1, -0.05) is 69.7 Å². The van der Waals surface area contributed by atoms with Crippen LogP contribution in [0.3, 0.4) is 0 Å². The first-order chi connectivity index (χ1) is 10.5. The summed E-state index contributed by atoms with van der Waals surface area (Å²) in [4.78, 5) is 14.8. The lowest BCUT2D eigenvalue weighted by Gasteiger charge is -2.14. The van der Waals surface area contributed by atoms with E-state index in [0.717, 1.165) is 21.3 Å². The first-order valence-electron chi connectivity index (χ1n) is 6.65. The highest BCUT2D eigenvalue weighted by Crippen LogP contribution is 2.36. The minimum atomic E-state index is -0.0678. The number of hydrogen-bond donors (Lipinski definition) is 0. The number of halogens is 1. The Balaban J connectivity index is 1.91. The number of benzene rings is 2. The van der Waals surface area contributed by atoms with Gasteiger partial charge in [-0.15, -0.1) is 0 Å². The van der Waals surface area contributed by atoms with Gasteiger partial charge in [-0.2, -0.15) is 0 Å².